The monoisotopic (exact) mass is 318 g/mol. The largest absolute Gasteiger partial charge is 0.487 e. The zero-order valence-corrected chi connectivity index (χ0v) is 14.4. The predicted molar refractivity (Wildman–Crippen MR) is 87.5 cm³/mol. The highest BCUT2D eigenvalue weighted by atomic mass is 16.5. The normalized spacial score (nSPS) is 28.3. The van der Waals surface area contributed by atoms with Crippen LogP contribution in [-0.4, -0.2) is 24.8 Å². The van der Waals surface area contributed by atoms with E-state index in [4.69, 9.17) is 14.2 Å². The Balaban J connectivity index is 1.88. The Morgan fingerprint density at radius 1 is 1.35 bits per heavy atom. The molecule has 2 aliphatic rings. The minimum atomic E-state index is -0.217. The highest BCUT2D eigenvalue weighted by Crippen LogP contribution is 2.50. The first-order chi connectivity index (χ1) is 10.9. The molecule has 0 amide bonds. The molecule has 4 heteroatoms. The van der Waals surface area contributed by atoms with E-state index in [0.717, 1.165) is 29.7 Å². The third-order valence-corrected chi connectivity index (χ3v) is 5.12. The van der Waals surface area contributed by atoms with Gasteiger partial charge in [0.2, 0.25) is 0 Å². The van der Waals surface area contributed by atoms with Crippen LogP contribution in [0, 0.1) is 5.92 Å². The van der Waals surface area contributed by atoms with Gasteiger partial charge in [-0.2, -0.15) is 0 Å². The fourth-order valence-corrected chi connectivity index (χ4v) is 3.76. The number of esters is 1. The summed E-state index contributed by atoms with van der Waals surface area (Å²) in [7, 11) is 1.42. The van der Waals surface area contributed by atoms with Crippen LogP contribution >= 0.6 is 0 Å². The predicted octanol–water partition coefficient (Wildman–Crippen LogP) is 3.82. The molecule has 3 atom stereocenters. The molecule has 4 nitrogen and oxygen atoms in total. The van der Waals surface area contributed by atoms with E-state index in [1.165, 1.54) is 7.11 Å². The highest BCUT2D eigenvalue weighted by molar-refractivity contribution is 5.69. The lowest BCUT2D eigenvalue weighted by Gasteiger charge is -2.48. The Morgan fingerprint density at radius 2 is 2.13 bits per heavy atom. The Hall–Kier alpha value is -1.55. The van der Waals surface area contributed by atoms with Gasteiger partial charge in [-0.05, 0) is 57.7 Å². The van der Waals surface area contributed by atoms with E-state index in [9.17, 15) is 4.79 Å². The molecular formula is C19H26O4. The van der Waals surface area contributed by atoms with E-state index in [0.29, 0.717) is 18.8 Å². The van der Waals surface area contributed by atoms with Gasteiger partial charge in [0.05, 0.1) is 19.3 Å². The number of hydrogen-bond donors (Lipinski definition) is 0. The fourth-order valence-electron chi connectivity index (χ4n) is 3.76. The number of hydrogen-bond acceptors (Lipinski definition) is 4. The summed E-state index contributed by atoms with van der Waals surface area (Å²) in [6.07, 6.45) is 3.62. The zero-order valence-electron chi connectivity index (χ0n) is 14.4. The molecule has 1 aromatic rings. The van der Waals surface area contributed by atoms with Crippen molar-refractivity contribution in [2.24, 2.45) is 5.92 Å². The number of carbonyl (C=O) groups is 1. The molecule has 0 bridgehead atoms. The molecule has 3 rings (SSSR count). The number of fused-ring (bicyclic) bond motifs is 3. The minimum Gasteiger partial charge on any atom is -0.487 e. The molecule has 23 heavy (non-hydrogen) atoms. The summed E-state index contributed by atoms with van der Waals surface area (Å²) in [5.74, 6) is 1.09. The highest BCUT2D eigenvalue weighted by Gasteiger charge is 2.46. The van der Waals surface area contributed by atoms with E-state index in [2.05, 4.69) is 26.8 Å². The van der Waals surface area contributed by atoms with Gasteiger partial charge in [0.1, 0.15) is 11.4 Å². The van der Waals surface area contributed by atoms with E-state index < -0.39 is 0 Å². The Kier molecular flexibility index (Phi) is 4.37. The standard InChI is InChI=1S/C19H26O4/c1-12-5-8-15-18(22-12)14-11-13(7-10-17(20)21-4)6-9-16(14)23-19(15,2)3/h6,9,11-12,15,18H,5,7-8,10H2,1-4H3/t12-,15-,18+/m0/s1. The molecule has 0 saturated carbocycles. The number of benzene rings is 1. The molecule has 126 valence electrons. The van der Waals surface area contributed by atoms with Gasteiger partial charge < -0.3 is 14.2 Å². The summed E-state index contributed by atoms with van der Waals surface area (Å²) >= 11 is 0. The summed E-state index contributed by atoms with van der Waals surface area (Å²) in [4.78, 5) is 11.4. The van der Waals surface area contributed by atoms with Crippen molar-refractivity contribution in [3.8, 4) is 5.75 Å². The van der Waals surface area contributed by atoms with Crippen LogP contribution in [0.1, 0.15) is 57.3 Å². The summed E-state index contributed by atoms with van der Waals surface area (Å²) in [5, 5.41) is 0. The van der Waals surface area contributed by atoms with Gasteiger partial charge in [0.15, 0.2) is 0 Å². The maximum Gasteiger partial charge on any atom is 0.305 e. The average molecular weight is 318 g/mol. The molecule has 1 aromatic carbocycles. The van der Waals surface area contributed by atoms with Crippen LogP contribution in [-0.2, 0) is 20.7 Å². The number of methoxy groups -OCH3 is 1. The van der Waals surface area contributed by atoms with Crippen molar-refractivity contribution in [2.75, 3.05) is 7.11 Å². The van der Waals surface area contributed by atoms with Crippen LogP contribution in [0.15, 0.2) is 18.2 Å². The van der Waals surface area contributed by atoms with Crippen molar-refractivity contribution in [1.29, 1.82) is 0 Å². The van der Waals surface area contributed by atoms with E-state index in [1.807, 2.05) is 12.1 Å². The average Bonchev–Trinajstić information content (AvgIpc) is 2.52. The van der Waals surface area contributed by atoms with Gasteiger partial charge in [-0.1, -0.05) is 6.07 Å². The number of carbonyl (C=O) groups excluding carboxylic acids is 1. The SMILES string of the molecule is COC(=O)CCc1ccc2c(c1)[C@H]1O[C@@H](C)CC[C@@H]1C(C)(C)O2. The molecular weight excluding hydrogens is 292 g/mol. The molecule has 1 saturated heterocycles. The second kappa shape index (κ2) is 6.16. The topological polar surface area (TPSA) is 44.8 Å². The van der Waals surface area contributed by atoms with Crippen LogP contribution in [0.3, 0.4) is 0 Å². The molecule has 2 aliphatic heterocycles. The third-order valence-electron chi connectivity index (χ3n) is 5.12. The Morgan fingerprint density at radius 3 is 2.87 bits per heavy atom. The van der Waals surface area contributed by atoms with Gasteiger partial charge in [-0.3, -0.25) is 4.79 Å². The van der Waals surface area contributed by atoms with Crippen LogP contribution in [0.25, 0.3) is 0 Å². The van der Waals surface area contributed by atoms with Gasteiger partial charge in [-0.25, -0.2) is 0 Å². The van der Waals surface area contributed by atoms with Gasteiger partial charge in [0, 0.05) is 17.9 Å². The summed E-state index contributed by atoms with van der Waals surface area (Å²) in [5.41, 5.74) is 2.03. The van der Waals surface area contributed by atoms with Crippen molar-refractivity contribution >= 4 is 5.97 Å². The molecule has 0 aliphatic carbocycles. The van der Waals surface area contributed by atoms with Crippen LogP contribution in [0.4, 0.5) is 0 Å². The van der Waals surface area contributed by atoms with Crippen molar-refractivity contribution in [3.63, 3.8) is 0 Å². The van der Waals surface area contributed by atoms with Crippen molar-refractivity contribution in [3.05, 3.63) is 29.3 Å². The van der Waals surface area contributed by atoms with Crippen LogP contribution in [0.2, 0.25) is 0 Å². The summed E-state index contributed by atoms with van der Waals surface area (Å²) in [6, 6.07) is 6.19. The first-order valence-electron chi connectivity index (χ1n) is 8.45. The second-order valence-electron chi connectivity index (χ2n) is 7.20. The molecule has 1 fully saturated rings. The molecule has 0 aromatic heterocycles. The lowest BCUT2D eigenvalue weighted by Crippen LogP contribution is -2.48. The second-order valence-corrected chi connectivity index (χ2v) is 7.20. The lowest BCUT2D eigenvalue weighted by atomic mass is 9.75. The first-order valence-corrected chi connectivity index (χ1v) is 8.45. The lowest BCUT2D eigenvalue weighted by molar-refractivity contribution is -0.144. The van der Waals surface area contributed by atoms with Crippen LogP contribution < -0.4 is 4.74 Å². The Labute approximate surface area is 138 Å². The smallest absolute Gasteiger partial charge is 0.305 e. The molecule has 0 spiro atoms. The Bertz CT molecular complexity index is 593. The van der Waals surface area contributed by atoms with Gasteiger partial charge in [0.25, 0.3) is 0 Å². The van der Waals surface area contributed by atoms with Crippen molar-refractivity contribution in [2.45, 2.75) is 64.3 Å². The first kappa shape index (κ1) is 16.3. The van der Waals surface area contributed by atoms with Crippen molar-refractivity contribution < 1.29 is 19.0 Å². The molecule has 0 radical (unpaired) electrons. The van der Waals surface area contributed by atoms with Crippen molar-refractivity contribution in [1.82, 2.24) is 0 Å². The summed E-state index contributed by atoms with van der Waals surface area (Å²) in [6.45, 7) is 6.44. The minimum absolute atomic E-state index is 0.0792. The maximum atomic E-state index is 11.4. The third kappa shape index (κ3) is 3.23. The summed E-state index contributed by atoms with van der Waals surface area (Å²) < 4.78 is 17.3. The number of ether oxygens (including phenoxy) is 3. The van der Waals surface area contributed by atoms with Gasteiger partial charge >= 0.3 is 5.97 Å². The quantitative estimate of drug-likeness (QED) is 0.795. The molecule has 0 unspecified atom stereocenters. The van der Waals surface area contributed by atoms with E-state index >= 15 is 0 Å². The zero-order chi connectivity index (χ0) is 16.6. The van der Waals surface area contributed by atoms with Crippen LogP contribution in [0.5, 0.6) is 5.75 Å². The molecule has 0 N–H and O–H groups in total. The molecule has 2 heterocycles. The number of aryl methyl sites for hydroxylation is 1. The fraction of sp³-hybridized carbons (Fsp3) is 0.632. The number of rotatable bonds is 3. The van der Waals surface area contributed by atoms with E-state index in [1.54, 1.807) is 0 Å². The van der Waals surface area contributed by atoms with E-state index in [-0.39, 0.29) is 23.8 Å². The maximum absolute atomic E-state index is 11.4. The van der Waals surface area contributed by atoms with Gasteiger partial charge in [-0.15, -0.1) is 0 Å².